The first-order valence-electron chi connectivity index (χ1n) is 11.0. The van der Waals surface area contributed by atoms with Gasteiger partial charge in [-0.05, 0) is 36.2 Å². The van der Waals surface area contributed by atoms with Gasteiger partial charge in [0.25, 0.3) is 5.56 Å². The normalized spacial score (nSPS) is 14.9. The first-order valence-corrected chi connectivity index (χ1v) is 11.0. The minimum atomic E-state index is -0.0189. The lowest BCUT2D eigenvalue weighted by Crippen LogP contribution is -2.46. The number of nitrogens with zero attached hydrogens (tertiary/aromatic N) is 6. The molecule has 0 bridgehead atoms. The molecule has 0 aliphatic carbocycles. The highest BCUT2D eigenvalue weighted by atomic mass is 16.1. The van der Waals surface area contributed by atoms with Gasteiger partial charge in [0, 0.05) is 75.1 Å². The van der Waals surface area contributed by atoms with E-state index in [4.69, 9.17) is 0 Å². The van der Waals surface area contributed by atoms with Gasteiger partial charge in [-0.25, -0.2) is 4.98 Å². The van der Waals surface area contributed by atoms with E-state index in [9.17, 15) is 4.79 Å². The van der Waals surface area contributed by atoms with Gasteiger partial charge in [0.05, 0.1) is 17.2 Å². The molecular formula is C24H27N7O. The fourth-order valence-electron chi connectivity index (χ4n) is 4.22. The van der Waals surface area contributed by atoms with Gasteiger partial charge in [-0.1, -0.05) is 6.92 Å². The van der Waals surface area contributed by atoms with E-state index in [1.165, 1.54) is 0 Å². The molecule has 0 radical (unpaired) electrons. The zero-order chi connectivity index (χ0) is 22.1. The highest BCUT2D eigenvalue weighted by Gasteiger charge is 2.18. The second-order valence-corrected chi connectivity index (χ2v) is 8.32. The van der Waals surface area contributed by atoms with Crippen molar-refractivity contribution in [3.8, 4) is 11.1 Å². The van der Waals surface area contributed by atoms with E-state index in [1.54, 1.807) is 4.68 Å². The van der Waals surface area contributed by atoms with Crippen molar-refractivity contribution in [2.45, 2.75) is 19.9 Å². The molecule has 0 aromatic carbocycles. The summed E-state index contributed by atoms with van der Waals surface area (Å²) in [7, 11) is 1.92. The highest BCUT2D eigenvalue weighted by molar-refractivity contribution is 5.74. The van der Waals surface area contributed by atoms with Crippen molar-refractivity contribution in [2.75, 3.05) is 31.1 Å². The van der Waals surface area contributed by atoms with Crippen molar-refractivity contribution in [3.63, 3.8) is 0 Å². The van der Waals surface area contributed by atoms with Gasteiger partial charge in [0.2, 0.25) is 0 Å². The monoisotopic (exact) mass is 429 g/mol. The van der Waals surface area contributed by atoms with Crippen LogP contribution in [0.2, 0.25) is 0 Å². The molecule has 8 heteroatoms. The average molecular weight is 430 g/mol. The lowest BCUT2D eigenvalue weighted by Gasteiger charge is -2.35. The number of piperazine rings is 1. The molecule has 0 atom stereocenters. The van der Waals surface area contributed by atoms with Crippen LogP contribution in [0, 0.1) is 0 Å². The first-order chi connectivity index (χ1) is 15.6. The summed E-state index contributed by atoms with van der Waals surface area (Å²) in [6.45, 7) is 6.56. The number of hydrogen-bond acceptors (Lipinski definition) is 6. The number of hydrogen-bond donors (Lipinski definition) is 1. The number of H-pyrrole nitrogens is 1. The minimum Gasteiger partial charge on any atom is -0.354 e. The molecule has 1 aliphatic heterocycles. The number of pyridine rings is 3. The van der Waals surface area contributed by atoms with Crippen molar-refractivity contribution in [1.82, 2.24) is 29.6 Å². The number of fused-ring (bicyclic) bond motifs is 1. The Morgan fingerprint density at radius 2 is 1.84 bits per heavy atom. The van der Waals surface area contributed by atoms with Crippen LogP contribution in [0.25, 0.3) is 22.2 Å². The SMILES string of the molecule is CCc1cc2ncc(CN3CCN(c4ccc(-c5cnn(C)c5)cn4)CC3)cc2[nH]c1=O. The van der Waals surface area contributed by atoms with Crippen LogP contribution in [-0.4, -0.2) is 55.8 Å². The molecule has 8 nitrogen and oxygen atoms in total. The summed E-state index contributed by atoms with van der Waals surface area (Å²) in [5.74, 6) is 1.01. The van der Waals surface area contributed by atoms with Crippen LogP contribution in [0.15, 0.2) is 53.8 Å². The predicted molar refractivity (Wildman–Crippen MR) is 126 cm³/mol. The number of aromatic amines is 1. The highest BCUT2D eigenvalue weighted by Crippen LogP contribution is 2.21. The Hall–Kier alpha value is -3.52. The Morgan fingerprint density at radius 1 is 1.00 bits per heavy atom. The van der Waals surface area contributed by atoms with Crippen molar-refractivity contribution in [3.05, 3.63) is 70.5 Å². The van der Waals surface area contributed by atoms with Gasteiger partial charge < -0.3 is 9.88 Å². The topological polar surface area (TPSA) is 82.9 Å². The number of anilines is 1. The van der Waals surface area contributed by atoms with Gasteiger partial charge in [0.15, 0.2) is 0 Å². The first kappa shape index (κ1) is 20.4. The molecule has 4 aromatic heterocycles. The largest absolute Gasteiger partial charge is 0.354 e. The van der Waals surface area contributed by atoms with Crippen molar-refractivity contribution in [2.24, 2.45) is 7.05 Å². The van der Waals surface area contributed by atoms with Crippen molar-refractivity contribution >= 4 is 16.9 Å². The fraction of sp³-hybridized carbons (Fsp3) is 0.333. The number of rotatable bonds is 5. The molecule has 0 unspecified atom stereocenters. The zero-order valence-corrected chi connectivity index (χ0v) is 18.5. The van der Waals surface area contributed by atoms with E-state index in [2.05, 4.69) is 42.0 Å². The third-order valence-corrected chi connectivity index (χ3v) is 6.10. The van der Waals surface area contributed by atoms with Gasteiger partial charge in [-0.2, -0.15) is 5.10 Å². The quantitative estimate of drug-likeness (QED) is 0.525. The molecule has 0 amide bonds. The van der Waals surface area contributed by atoms with Crippen LogP contribution in [0.5, 0.6) is 0 Å². The smallest absolute Gasteiger partial charge is 0.251 e. The Morgan fingerprint density at radius 3 is 2.53 bits per heavy atom. The minimum absolute atomic E-state index is 0.0189. The van der Waals surface area contributed by atoms with Crippen LogP contribution in [0.1, 0.15) is 18.1 Å². The fourth-order valence-corrected chi connectivity index (χ4v) is 4.22. The molecule has 5 rings (SSSR count). The summed E-state index contributed by atoms with van der Waals surface area (Å²) >= 11 is 0. The maximum Gasteiger partial charge on any atom is 0.251 e. The number of aromatic nitrogens is 5. The number of aryl methyl sites for hydroxylation is 2. The summed E-state index contributed by atoms with van der Waals surface area (Å²) in [6, 6.07) is 8.14. The Balaban J connectivity index is 1.21. The van der Waals surface area contributed by atoms with E-state index in [1.807, 2.05) is 50.9 Å². The van der Waals surface area contributed by atoms with E-state index in [0.29, 0.717) is 6.42 Å². The Bertz CT molecular complexity index is 1280. The third-order valence-electron chi connectivity index (χ3n) is 6.10. The zero-order valence-electron chi connectivity index (χ0n) is 18.5. The molecule has 0 saturated carbocycles. The van der Waals surface area contributed by atoms with Gasteiger partial charge in [-0.3, -0.25) is 19.4 Å². The Kier molecular flexibility index (Phi) is 5.45. The molecule has 1 N–H and O–H groups in total. The molecule has 0 spiro atoms. The molecule has 5 heterocycles. The molecule has 1 saturated heterocycles. The summed E-state index contributed by atoms with van der Waals surface area (Å²) < 4.78 is 1.80. The van der Waals surface area contributed by atoms with Gasteiger partial charge in [0.1, 0.15) is 5.82 Å². The Labute approximate surface area is 186 Å². The summed E-state index contributed by atoms with van der Waals surface area (Å²) in [4.78, 5) is 29.1. The van der Waals surface area contributed by atoms with Gasteiger partial charge in [-0.15, -0.1) is 0 Å². The maximum atomic E-state index is 12.1. The van der Waals surface area contributed by atoms with E-state index in [0.717, 1.165) is 71.8 Å². The van der Waals surface area contributed by atoms with Gasteiger partial charge >= 0.3 is 0 Å². The molecule has 4 aromatic rings. The molecule has 1 aliphatic rings. The van der Waals surface area contributed by atoms with Crippen molar-refractivity contribution in [1.29, 1.82) is 0 Å². The van der Waals surface area contributed by atoms with E-state index in [-0.39, 0.29) is 5.56 Å². The van der Waals surface area contributed by atoms with Crippen LogP contribution in [0.3, 0.4) is 0 Å². The van der Waals surface area contributed by atoms with E-state index >= 15 is 0 Å². The lowest BCUT2D eigenvalue weighted by atomic mass is 10.1. The molecule has 164 valence electrons. The lowest BCUT2D eigenvalue weighted by molar-refractivity contribution is 0.249. The second kappa shape index (κ2) is 8.55. The summed E-state index contributed by atoms with van der Waals surface area (Å²) in [5, 5.41) is 4.23. The molecule has 1 fully saturated rings. The van der Waals surface area contributed by atoms with Crippen LogP contribution < -0.4 is 10.5 Å². The second-order valence-electron chi connectivity index (χ2n) is 8.32. The number of nitrogens with one attached hydrogen (secondary N) is 1. The standard InChI is InChI=1S/C24H27N7O/c1-3-18-11-21-22(28-24(18)32)10-17(12-25-21)15-30-6-8-31(9-7-30)23-5-4-19(13-26-23)20-14-27-29(2)16-20/h4-5,10-14,16H,3,6-9,15H2,1-2H3,(H,28,32). The van der Waals surface area contributed by atoms with Crippen LogP contribution >= 0.6 is 0 Å². The molecule has 32 heavy (non-hydrogen) atoms. The van der Waals surface area contributed by atoms with E-state index < -0.39 is 0 Å². The predicted octanol–water partition coefficient (Wildman–Crippen LogP) is 2.60. The average Bonchev–Trinajstić information content (AvgIpc) is 3.25. The molecular weight excluding hydrogens is 402 g/mol. The summed E-state index contributed by atoms with van der Waals surface area (Å²) in [5.41, 5.74) is 5.67. The van der Waals surface area contributed by atoms with Crippen LogP contribution in [-0.2, 0) is 20.0 Å². The van der Waals surface area contributed by atoms with Crippen molar-refractivity contribution < 1.29 is 0 Å². The van der Waals surface area contributed by atoms with Crippen LogP contribution in [0.4, 0.5) is 5.82 Å². The maximum absolute atomic E-state index is 12.1. The third kappa shape index (κ3) is 4.13. The summed E-state index contributed by atoms with van der Waals surface area (Å²) in [6.07, 6.45) is 8.40.